The Bertz CT molecular complexity index is 1120. The van der Waals surface area contributed by atoms with Crippen LogP contribution in [0.5, 0.6) is 11.5 Å². The topological polar surface area (TPSA) is 101 Å². The Kier molecular flexibility index (Phi) is 5.34. The van der Waals surface area contributed by atoms with Crippen LogP contribution in [0.15, 0.2) is 42.5 Å². The number of methoxy groups -OCH3 is 2. The molecule has 0 saturated heterocycles. The molecule has 0 amide bonds. The third-order valence-corrected chi connectivity index (χ3v) is 5.07. The van der Waals surface area contributed by atoms with Crippen molar-refractivity contribution in [1.29, 1.82) is 0 Å². The molecule has 2 aromatic heterocycles. The number of rotatable bonds is 7. The molecule has 0 atom stereocenters. The molecular formula is C19H17N5O4S. The highest BCUT2D eigenvalue weighted by molar-refractivity contribution is 7.18. The average molecular weight is 411 g/mol. The van der Waals surface area contributed by atoms with Gasteiger partial charge in [0.2, 0.25) is 5.82 Å². The number of carbonyl (C=O) groups excluding carboxylic acids is 1. The molecular weight excluding hydrogens is 394 g/mol. The molecule has 0 bridgehead atoms. The highest BCUT2D eigenvalue weighted by Crippen LogP contribution is 2.30. The molecule has 0 fully saturated rings. The van der Waals surface area contributed by atoms with Crippen LogP contribution in [0.25, 0.3) is 21.6 Å². The van der Waals surface area contributed by atoms with Crippen LogP contribution in [0, 0.1) is 0 Å². The molecule has 2 aromatic carbocycles. The maximum absolute atomic E-state index is 12.1. The first-order chi connectivity index (χ1) is 14.2. The SMILES string of the molecule is COc1ccc(-c2nnn(CC(=O)OCc3nc4ccccc4s3)n2)cc1OC. The fourth-order valence-corrected chi connectivity index (χ4v) is 3.57. The number of carbonyl (C=O) groups is 1. The van der Waals surface area contributed by atoms with E-state index < -0.39 is 5.97 Å². The highest BCUT2D eigenvalue weighted by atomic mass is 32.1. The van der Waals surface area contributed by atoms with Crippen LogP contribution in [0.2, 0.25) is 0 Å². The fourth-order valence-electron chi connectivity index (χ4n) is 2.69. The van der Waals surface area contributed by atoms with Gasteiger partial charge in [-0.2, -0.15) is 4.80 Å². The smallest absolute Gasteiger partial charge is 0.330 e. The lowest BCUT2D eigenvalue weighted by molar-refractivity contribution is -0.146. The summed E-state index contributed by atoms with van der Waals surface area (Å²) >= 11 is 1.49. The molecule has 4 rings (SSSR count). The van der Waals surface area contributed by atoms with Gasteiger partial charge in [-0.05, 0) is 35.5 Å². The van der Waals surface area contributed by atoms with Crippen LogP contribution in [0.4, 0.5) is 0 Å². The third-order valence-electron chi connectivity index (χ3n) is 4.06. The first-order valence-electron chi connectivity index (χ1n) is 8.66. The standard InChI is InChI=1S/C19H17N5O4S/c1-26-14-8-7-12(9-15(14)27-2)19-21-23-24(22-19)10-18(25)28-11-17-20-13-5-3-4-6-16(13)29-17/h3-9H,10-11H2,1-2H3. The van der Waals surface area contributed by atoms with Crippen molar-refractivity contribution in [3.05, 3.63) is 47.5 Å². The summed E-state index contributed by atoms with van der Waals surface area (Å²) in [6.07, 6.45) is 0. The Labute approximate surface area is 169 Å². The number of tetrazole rings is 1. The summed E-state index contributed by atoms with van der Waals surface area (Å²) in [5.74, 6) is 1.05. The largest absolute Gasteiger partial charge is 0.493 e. The van der Waals surface area contributed by atoms with Crippen LogP contribution in [-0.4, -0.2) is 45.4 Å². The van der Waals surface area contributed by atoms with Crippen LogP contribution >= 0.6 is 11.3 Å². The van der Waals surface area contributed by atoms with E-state index in [1.54, 1.807) is 32.4 Å². The molecule has 29 heavy (non-hydrogen) atoms. The predicted molar refractivity (Wildman–Crippen MR) is 106 cm³/mol. The maximum Gasteiger partial charge on any atom is 0.330 e. The van der Waals surface area contributed by atoms with Crippen LogP contribution < -0.4 is 9.47 Å². The molecule has 0 radical (unpaired) electrons. The number of hydrogen-bond donors (Lipinski definition) is 0. The number of benzene rings is 2. The lowest BCUT2D eigenvalue weighted by Crippen LogP contribution is -2.15. The molecule has 0 N–H and O–H groups in total. The second-order valence-electron chi connectivity index (χ2n) is 5.95. The van der Waals surface area contributed by atoms with Crippen molar-refractivity contribution < 1.29 is 19.0 Å². The fraction of sp³-hybridized carbons (Fsp3) is 0.211. The minimum atomic E-state index is -0.472. The summed E-state index contributed by atoms with van der Waals surface area (Å²) in [6, 6.07) is 13.0. The Hall–Kier alpha value is -3.53. The zero-order chi connectivity index (χ0) is 20.2. The van der Waals surface area contributed by atoms with E-state index in [1.807, 2.05) is 24.3 Å². The van der Waals surface area contributed by atoms with Crippen molar-refractivity contribution in [3.63, 3.8) is 0 Å². The van der Waals surface area contributed by atoms with Gasteiger partial charge in [-0.15, -0.1) is 21.5 Å². The summed E-state index contributed by atoms with van der Waals surface area (Å²) in [6.45, 7) is -0.0411. The quantitative estimate of drug-likeness (QED) is 0.428. The van der Waals surface area contributed by atoms with E-state index in [2.05, 4.69) is 20.4 Å². The van der Waals surface area contributed by atoms with Gasteiger partial charge < -0.3 is 14.2 Å². The van der Waals surface area contributed by atoms with Gasteiger partial charge in [0.05, 0.1) is 24.4 Å². The van der Waals surface area contributed by atoms with Crippen molar-refractivity contribution in [2.24, 2.45) is 0 Å². The summed E-state index contributed by atoms with van der Waals surface area (Å²) in [5, 5.41) is 12.9. The van der Waals surface area contributed by atoms with Gasteiger partial charge in [-0.1, -0.05) is 12.1 Å². The molecule has 0 saturated carbocycles. The number of thiazole rings is 1. The number of nitrogens with zero attached hydrogens (tertiary/aromatic N) is 5. The summed E-state index contributed by atoms with van der Waals surface area (Å²) in [5.41, 5.74) is 1.58. The van der Waals surface area contributed by atoms with Crippen molar-refractivity contribution >= 4 is 27.5 Å². The van der Waals surface area contributed by atoms with Crippen LogP contribution in [-0.2, 0) is 22.7 Å². The lowest BCUT2D eigenvalue weighted by atomic mass is 10.2. The van der Waals surface area contributed by atoms with Crippen molar-refractivity contribution in [1.82, 2.24) is 25.2 Å². The number of para-hydroxylation sites is 1. The van der Waals surface area contributed by atoms with Crippen molar-refractivity contribution in [3.8, 4) is 22.9 Å². The lowest BCUT2D eigenvalue weighted by Gasteiger charge is -2.07. The van der Waals surface area contributed by atoms with Gasteiger partial charge in [-0.3, -0.25) is 0 Å². The first-order valence-corrected chi connectivity index (χ1v) is 9.48. The number of fused-ring (bicyclic) bond motifs is 1. The van der Waals surface area contributed by atoms with E-state index in [4.69, 9.17) is 14.2 Å². The van der Waals surface area contributed by atoms with E-state index >= 15 is 0 Å². The van der Waals surface area contributed by atoms with Crippen molar-refractivity contribution in [2.75, 3.05) is 14.2 Å². The molecule has 0 aliphatic heterocycles. The number of aromatic nitrogens is 5. The molecule has 4 aromatic rings. The van der Waals surface area contributed by atoms with Crippen LogP contribution in [0.3, 0.4) is 0 Å². The Morgan fingerprint density at radius 1 is 1.10 bits per heavy atom. The molecule has 0 aliphatic rings. The Balaban J connectivity index is 1.39. The Morgan fingerprint density at radius 3 is 2.72 bits per heavy atom. The number of ether oxygens (including phenoxy) is 3. The average Bonchev–Trinajstić information content (AvgIpc) is 3.38. The zero-order valence-corrected chi connectivity index (χ0v) is 16.5. The second kappa shape index (κ2) is 8.23. The van der Waals surface area contributed by atoms with Gasteiger partial charge in [-0.25, -0.2) is 9.78 Å². The van der Waals surface area contributed by atoms with E-state index in [0.717, 1.165) is 15.2 Å². The third kappa shape index (κ3) is 4.16. The van der Waals surface area contributed by atoms with Crippen LogP contribution in [0.1, 0.15) is 5.01 Å². The first kappa shape index (κ1) is 18.8. The van der Waals surface area contributed by atoms with Gasteiger partial charge in [0.1, 0.15) is 11.6 Å². The molecule has 0 spiro atoms. The van der Waals surface area contributed by atoms with Gasteiger partial charge in [0.25, 0.3) is 0 Å². The van der Waals surface area contributed by atoms with Crippen molar-refractivity contribution in [2.45, 2.75) is 13.2 Å². The molecule has 9 nitrogen and oxygen atoms in total. The number of esters is 1. The normalized spacial score (nSPS) is 10.8. The van der Waals surface area contributed by atoms with E-state index in [0.29, 0.717) is 22.9 Å². The number of hydrogen-bond acceptors (Lipinski definition) is 9. The van der Waals surface area contributed by atoms with Gasteiger partial charge >= 0.3 is 5.97 Å². The van der Waals surface area contributed by atoms with Gasteiger partial charge in [0.15, 0.2) is 18.0 Å². The minimum absolute atomic E-state index is 0.107. The summed E-state index contributed by atoms with van der Waals surface area (Å²) in [7, 11) is 3.11. The zero-order valence-electron chi connectivity index (χ0n) is 15.7. The van der Waals surface area contributed by atoms with E-state index in [9.17, 15) is 4.79 Å². The monoisotopic (exact) mass is 411 g/mol. The second-order valence-corrected chi connectivity index (χ2v) is 7.06. The van der Waals surface area contributed by atoms with Gasteiger partial charge in [0, 0.05) is 5.56 Å². The Morgan fingerprint density at radius 2 is 1.93 bits per heavy atom. The molecule has 10 heteroatoms. The molecule has 0 aliphatic carbocycles. The molecule has 148 valence electrons. The highest BCUT2D eigenvalue weighted by Gasteiger charge is 2.13. The molecule has 2 heterocycles. The van der Waals surface area contributed by atoms with E-state index in [1.165, 1.54) is 16.1 Å². The maximum atomic E-state index is 12.1. The summed E-state index contributed by atoms with van der Waals surface area (Å²) in [4.78, 5) is 17.7. The predicted octanol–water partition coefficient (Wildman–Crippen LogP) is 2.71. The summed E-state index contributed by atoms with van der Waals surface area (Å²) < 4.78 is 16.8. The van der Waals surface area contributed by atoms with E-state index in [-0.39, 0.29) is 13.2 Å². The molecule has 0 unspecified atom stereocenters. The minimum Gasteiger partial charge on any atom is -0.493 e.